The minimum atomic E-state index is -0.961. The Hall–Kier alpha value is -4.71. The summed E-state index contributed by atoms with van der Waals surface area (Å²) in [4.78, 5) is 71.1. The Morgan fingerprint density at radius 3 is 2.08 bits per heavy atom. The van der Waals surface area contributed by atoms with E-state index in [4.69, 9.17) is 5.73 Å². The largest absolute Gasteiger partial charge is 0.361 e. The van der Waals surface area contributed by atoms with Gasteiger partial charge in [0, 0.05) is 80.9 Å². The lowest BCUT2D eigenvalue weighted by Crippen LogP contribution is -2.53. The number of nitrogens with one attached hydrogen (secondary N) is 5. The van der Waals surface area contributed by atoms with Crippen LogP contribution in [-0.4, -0.2) is 83.2 Å². The van der Waals surface area contributed by atoms with Crippen molar-refractivity contribution in [2.45, 2.75) is 110 Å². The average Bonchev–Trinajstić information content (AvgIpc) is 3.51. The summed E-state index contributed by atoms with van der Waals surface area (Å²) in [6.45, 7) is 10.9. The summed E-state index contributed by atoms with van der Waals surface area (Å²) < 4.78 is 0. The number of carbonyl (C=O) groups is 5. The van der Waals surface area contributed by atoms with Gasteiger partial charge >= 0.3 is 0 Å². The van der Waals surface area contributed by atoms with Crippen molar-refractivity contribution in [2.75, 3.05) is 19.6 Å². The molecule has 0 bridgehead atoms. The molecule has 52 heavy (non-hydrogen) atoms. The first-order valence-corrected chi connectivity index (χ1v) is 18.7. The molecule has 12 heteroatoms. The van der Waals surface area contributed by atoms with Crippen molar-refractivity contribution in [3.8, 4) is 0 Å². The third-order valence-electron chi connectivity index (χ3n) is 9.36. The molecule has 0 spiro atoms. The summed E-state index contributed by atoms with van der Waals surface area (Å²) in [7, 11) is 0. The Labute approximate surface area is 308 Å². The Morgan fingerprint density at radius 1 is 0.769 bits per heavy atom. The molecule has 12 nitrogen and oxygen atoms in total. The second-order valence-electron chi connectivity index (χ2n) is 13.9. The molecule has 284 valence electrons. The number of aromatic amines is 1. The van der Waals surface area contributed by atoms with Crippen LogP contribution in [0.4, 0.5) is 0 Å². The van der Waals surface area contributed by atoms with Crippen LogP contribution in [0.3, 0.4) is 0 Å². The minimum absolute atomic E-state index is 0.00836. The SMILES string of the molecule is CCN(CC)C(=O)C[C@@H](NC(=O)C[C@H](CCCCN)NC(=O)[C@@H](Cc1c[nH]c2ccccc12)NC(=O)C[C@H](Cc1ccccc1)NC(C)=O)C(C)C. The van der Waals surface area contributed by atoms with Gasteiger partial charge in [0.05, 0.1) is 0 Å². The number of hydrogen-bond acceptors (Lipinski definition) is 6. The first-order chi connectivity index (χ1) is 24.9. The zero-order valence-corrected chi connectivity index (χ0v) is 31.5. The second kappa shape index (κ2) is 21.6. The van der Waals surface area contributed by atoms with Crippen LogP contribution >= 0.6 is 0 Å². The van der Waals surface area contributed by atoms with E-state index in [1.54, 1.807) is 4.90 Å². The van der Waals surface area contributed by atoms with Gasteiger partial charge in [-0.2, -0.15) is 0 Å². The predicted octanol–water partition coefficient (Wildman–Crippen LogP) is 3.74. The molecule has 0 fully saturated rings. The topological polar surface area (TPSA) is 179 Å². The molecule has 0 saturated carbocycles. The molecular formula is C40H59N7O5. The summed E-state index contributed by atoms with van der Waals surface area (Å²) >= 11 is 0. The van der Waals surface area contributed by atoms with Crippen molar-refractivity contribution < 1.29 is 24.0 Å². The van der Waals surface area contributed by atoms with Gasteiger partial charge < -0.3 is 36.9 Å². The number of benzene rings is 2. The van der Waals surface area contributed by atoms with E-state index in [1.165, 1.54) is 6.92 Å². The van der Waals surface area contributed by atoms with Crippen LogP contribution in [0.25, 0.3) is 10.9 Å². The summed E-state index contributed by atoms with van der Waals surface area (Å²) in [5.74, 6) is -1.31. The quantitative estimate of drug-likeness (QED) is 0.0863. The molecule has 0 unspecified atom stereocenters. The van der Waals surface area contributed by atoms with E-state index in [0.29, 0.717) is 38.9 Å². The average molecular weight is 718 g/mol. The number of para-hydroxylation sites is 1. The van der Waals surface area contributed by atoms with Gasteiger partial charge in [0.2, 0.25) is 29.5 Å². The first-order valence-electron chi connectivity index (χ1n) is 18.7. The first kappa shape index (κ1) is 41.7. The fourth-order valence-corrected chi connectivity index (χ4v) is 6.47. The van der Waals surface area contributed by atoms with Gasteiger partial charge in [-0.05, 0) is 62.8 Å². The maximum Gasteiger partial charge on any atom is 0.243 e. The van der Waals surface area contributed by atoms with Crippen LogP contribution in [0.5, 0.6) is 0 Å². The van der Waals surface area contributed by atoms with Crippen LogP contribution in [0, 0.1) is 5.92 Å². The van der Waals surface area contributed by atoms with Crippen LogP contribution in [0.2, 0.25) is 0 Å². The number of unbranched alkanes of at least 4 members (excludes halogenated alkanes) is 1. The van der Waals surface area contributed by atoms with Crippen molar-refractivity contribution in [3.05, 3.63) is 71.9 Å². The van der Waals surface area contributed by atoms with E-state index in [0.717, 1.165) is 28.5 Å². The lowest BCUT2D eigenvalue weighted by atomic mass is 9.98. The molecule has 5 amide bonds. The predicted molar refractivity (Wildman–Crippen MR) is 205 cm³/mol. The van der Waals surface area contributed by atoms with E-state index in [-0.39, 0.29) is 61.3 Å². The highest BCUT2D eigenvalue weighted by Gasteiger charge is 2.28. The highest BCUT2D eigenvalue weighted by atomic mass is 16.2. The molecule has 3 aromatic rings. The van der Waals surface area contributed by atoms with E-state index < -0.39 is 24.0 Å². The van der Waals surface area contributed by atoms with E-state index in [9.17, 15) is 24.0 Å². The highest BCUT2D eigenvalue weighted by molar-refractivity contribution is 5.90. The molecule has 0 saturated heterocycles. The fourth-order valence-electron chi connectivity index (χ4n) is 6.47. The Balaban J connectivity index is 1.80. The van der Waals surface area contributed by atoms with Crippen LogP contribution in [0.1, 0.15) is 84.3 Å². The van der Waals surface area contributed by atoms with Gasteiger partial charge in [0.25, 0.3) is 0 Å². The number of amides is 5. The third kappa shape index (κ3) is 13.8. The molecule has 1 aromatic heterocycles. The monoisotopic (exact) mass is 717 g/mol. The summed E-state index contributed by atoms with van der Waals surface area (Å²) in [5, 5.41) is 12.9. The second-order valence-corrected chi connectivity index (χ2v) is 13.9. The van der Waals surface area contributed by atoms with Gasteiger partial charge in [-0.1, -0.05) is 68.8 Å². The van der Waals surface area contributed by atoms with Gasteiger partial charge in [0.1, 0.15) is 6.04 Å². The number of nitrogens with two attached hydrogens (primary N) is 1. The summed E-state index contributed by atoms with van der Waals surface area (Å²) in [6.07, 6.45) is 4.59. The van der Waals surface area contributed by atoms with Crippen molar-refractivity contribution >= 4 is 40.4 Å². The summed E-state index contributed by atoms with van der Waals surface area (Å²) in [5.41, 5.74) is 8.51. The van der Waals surface area contributed by atoms with Crippen molar-refractivity contribution in [2.24, 2.45) is 11.7 Å². The smallest absolute Gasteiger partial charge is 0.243 e. The van der Waals surface area contributed by atoms with E-state index in [1.807, 2.05) is 88.5 Å². The fraction of sp³-hybridized carbons (Fsp3) is 0.525. The molecule has 0 aliphatic rings. The summed E-state index contributed by atoms with van der Waals surface area (Å²) in [6, 6.07) is 15.0. The highest BCUT2D eigenvalue weighted by Crippen LogP contribution is 2.20. The van der Waals surface area contributed by atoms with Crippen LogP contribution in [-0.2, 0) is 36.8 Å². The van der Waals surface area contributed by atoms with Crippen molar-refractivity contribution in [3.63, 3.8) is 0 Å². The number of rotatable bonds is 22. The normalized spacial score (nSPS) is 13.5. The van der Waals surface area contributed by atoms with E-state index >= 15 is 0 Å². The van der Waals surface area contributed by atoms with Gasteiger partial charge in [-0.25, -0.2) is 0 Å². The molecule has 0 aliphatic carbocycles. The van der Waals surface area contributed by atoms with Gasteiger partial charge in [-0.15, -0.1) is 0 Å². The number of H-pyrrole nitrogens is 1. The van der Waals surface area contributed by atoms with Crippen LogP contribution < -0.4 is 27.0 Å². The molecule has 7 N–H and O–H groups in total. The number of aromatic nitrogens is 1. The molecule has 4 atom stereocenters. The number of hydrogen-bond donors (Lipinski definition) is 6. The molecule has 3 rings (SSSR count). The number of nitrogens with zero attached hydrogens (tertiary/aromatic N) is 1. The molecular weight excluding hydrogens is 658 g/mol. The Kier molecular flexibility index (Phi) is 17.3. The number of fused-ring (bicyclic) bond motifs is 1. The Morgan fingerprint density at radius 2 is 1.42 bits per heavy atom. The Bertz CT molecular complexity index is 1590. The third-order valence-corrected chi connectivity index (χ3v) is 9.36. The molecule has 2 aromatic carbocycles. The number of carbonyl (C=O) groups excluding carboxylic acids is 5. The lowest BCUT2D eigenvalue weighted by Gasteiger charge is -2.27. The minimum Gasteiger partial charge on any atom is -0.361 e. The maximum absolute atomic E-state index is 14.1. The zero-order chi connectivity index (χ0) is 38.0. The molecule has 1 heterocycles. The lowest BCUT2D eigenvalue weighted by molar-refractivity contribution is -0.132. The van der Waals surface area contributed by atoms with Crippen molar-refractivity contribution in [1.82, 2.24) is 31.2 Å². The standard InChI is InChI=1S/C40H59N7O5/c1-6-47(7-2)39(51)25-35(27(3)4)45-37(49)23-31(17-13-14-20-41)44-40(52)36(22-30-26-42-34-19-12-11-18-33(30)34)46-38(50)24-32(43-28(5)48)21-29-15-9-8-10-16-29/h8-12,15-16,18-19,26-27,31-32,35-36,42H,6-7,13-14,17,20-25,41H2,1-5H3,(H,43,48)(H,44,52)(H,45,49)(H,46,50)/t31-,32-,35+,36+/m0/s1. The van der Waals surface area contributed by atoms with Crippen LogP contribution in [0.15, 0.2) is 60.8 Å². The van der Waals surface area contributed by atoms with Gasteiger partial charge in [-0.3, -0.25) is 24.0 Å². The van der Waals surface area contributed by atoms with E-state index in [2.05, 4.69) is 26.3 Å². The molecule has 0 radical (unpaired) electrons. The zero-order valence-electron chi connectivity index (χ0n) is 31.5. The van der Waals surface area contributed by atoms with Gasteiger partial charge in [0.15, 0.2) is 0 Å². The maximum atomic E-state index is 14.1. The van der Waals surface area contributed by atoms with Crippen molar-refractivity contribution in [1.29, 1.82) is 0 Å². The molecule has 0 aliphatic heterocycles.